The van der Waals surface area contributed by atoms with Gasteiger partial charge in [-0.25, -0.2) is 4.98 Å². The number of nitrogens with zero attached hydrogens (tertiary/aromatic N) is 2. The molecular formula is C8H11N3O. The fourth-order valence-electron chi connectivity index (χ4n) is 1.10. The summed E-state index contributed by atoms with van der Waals surface area (Å²) >= 11 is 0. The van der Waals surface area contributed by atoms with E-state index in [2.05, 4.69) is 28.2 Å². The fraction of sp³-hybridized carbons (Fsp3) is 0.500. The van der Waals surface area contributed by atoms with Gasteiger partial charge in [-0.2, -0.15) is 5.10 Å². The van der Waals surface area contributed by atoms with Gasteiger partial charge in [-0.1, -0.05) is 13.0 Å². The predicted molar refractivity (Wildman–Crippen MR) is 44.3 cm³/mol. The van der Waals surface area contributed by atoms with Crippen LogP contribution in [0, 0.1) is 5.41 Å². The highest BCUT2D eigenvalue weighted by Gasteiger charge is 2.30. The van der Waals surface area contributed by atoms with Gasteiger partial charge in [0.05, 0.1) is 13.2 Å². The predicted octanol–water partition coefficient (Wildman–Crippen LogP) is 0.854. The van der Waals surface area contributed by atoms with Gasteiger partial charge in [0.1, 0.15) is 12.2 Å². The SMILES string of the molecule is CC1(C=Cc2ncn[nH]2)COC1. The van der Waals surface area contributed by atoms with Crippen molar-refractivity contribution in [1.29, 1.82) is 0 Å². The summed E-state index contributed by atoms with van der Waals surface area (Å²) < 4.78 is 5.11. The zero-order valence-corrected chi connectivity index (χ0v) is 6.95. The smallest absolute Gasteiger partial charge is 0.147 e. The lowest BCUT2D eigenvalue weighted by atomic mass is 9.88. The summed E-state index contributed by atoms with van der Waals surface area (Å²) in [5.41, 5.74) is 0.201. The molecule has 0 radical (unpaired) electrons. The lowest BCUT2D eigenvalue weighted by Crippen LogP contribution is -2.37. The zero-order valence-electron chi connectivity index (χ0n) is 6.95. The lowest BCUT2D eigenvalue weighted by molar-refractivity contribution is -0.0703. The molecule has 1 aliphatic rings. The van der Waals surface area contributed by atoms with Gasteiger partial charge in [-0.15, -0.1) is 0 Å². The van der Waals surface area contributed by atoms with E-state index in [1.165, 1.54) is 6.33 Å². The zero-order chi connectivity index (χ0) is 8.44. The third-order valence-electron chi connectivity index (χ3n) is 1.94. The Morgan fingerprint density at radius 2 is 2.50 bits per heavy atom. The Labute approximate surface area is 70.7 Å². The molecule has 12 heavy (non-hydrogen) atoms. The molecule has 0 unspecified atom stereocenters. The van der Waals surface area contributed by atoms with Gasteiger partial charge in [0.25, 0.3) is 0 Å². The Morgan fingerprint density at radius 3 is 3.00 bits per heavy atom. The topological polar surface area (TPSA) is 50.8 Å². The van der Waals surface area contributed by atoms with Crippen LogP contribution in [0.2, 0.25) is 0 Å². The molecule has 4 nitrogen and oxygen atoms in total. The monoisotopic (exact) mass is 165 g/mol. The van der Waals surface area contributed by atoms with Gasteiger partial charge >= 0.3 is 0 Å². The minimum absolute atomic E-state index is 0.201. The molecule has 1 aliphatic heterocycles. The highest BCUT2D eigenvalue weighted by molar-refractivity contribution is 5.40. The first-order valence-electron chi connectivity index (χ1n) is 3.91. The Morgan fingerprint density at radius 1 is 1.67 bits per heavy atom. The van der Waals surface area contributed by atoms with Gasteiger partial charge in [0.2, 0.25) is 0 Å². The van der Waals surface area contributed by atoms with Gasteiger partial charge < -0.3 is 4.74 Å². The molecule has 0 saturated carbocycles. The number of aromatic amines is 1. The van der Waals surface area contributed by atoms with E-state index in [4.69, 9.17) is 4.74 Å². The first-order valence-corrected chi connectivity index (χ1v) is 3.91. The molecule has 0 bridgehead atoms. The molecule has 1 fully saturated rings. The van der Waals surface area contributed by atoms with Gasteiger partial charge in [0.15, 0.2) is 0 Å². The van der Waals surface area contributed by atoms with Crippen molar-refractivity contribution < 1.29 is 4.74 Å². The summed E-state index contributed by atoms with van der Waals surface area (Å²) in [5.74, 6) is 0.795. The molecule has 1 aromatic heterocycles. The Kier molecular flexibility index (Phi) is 1.69. The van der Waals surface area contributed by atoms with Crippen LogP contribution in [0.25, 0.3) is 6.08 Å². The van der Waals surface area contributed by atoms with Crippen molar-refractivity contribution in [2.45, 2.75) is 6.92 Å². The normalized spacial score (nSPS) is 21.1. The molecule has 2 rings (SSSR count). The lowest BCUT2D eigenvalue weighted by Gasteiger charge is -2.35. The summed E-state index contributed by atoms with van der Waals surface area (Å²) in [6.07, 6.45) is 5.55. The molecule has 64 valence electrons. The maximum absolute atomic E-state index is 5.11. The van der Waals surface area contributed by atoms with Crippen molar-refractivity contribution in [2.75, 3.05) is 13.2 Å². The third kappa shape index (κ3) is 1.38. The van der Waals surface area contributed by atoms with E-state index in [0.717, 1.165) is 19.0 Å². The first kappa shape index (κ1) is 7.49. The standard InChI is InChI=1S/C8H11N3O/c1-8(4-12-5-8)3-2-7-9-6-10-11-7/h2-3,6H,4-5H2,1H3,(H,9,10,11). The van der Waals surface area contributed by atoms with Crippen LogP contribution in [0.3, 0.4) is 0 Å². The van der Waals surface area contributed by atoms with Crippen molar-refractivity contribution in [1.82, 2.24) is 15.2 Å². The maximum atomic E-state index is 5.11. The molecule has 0 aromatic carbocycles. The first-order chi connectivity index (χ1) is 5.79. The summed E-state index contributed by atoms with van der Waals surface area (Å²) in [4.78, 5) is 3.98. The number of rotatable bonds is 2. The van der Waals surface area contributed by atoms with Crippen molar-refractivity contribution >= 4 is 6.08 Å². The number of ether oxygens (including phenoxy) is 1. The summed E-state index contributed by atoms with van der Waals surface area (Å²) in [5, 5.41) is 6.52. The molecular weight excluding hydrogens is 154 g/mol. The van der Waals surface area contributed by atoms with Gasteiger partial charge in [0, 0.05) is 5.41 Å². The van der Waals surface area contributed by atoms with Crippen LogP contribution in [0.4, 0.5) is 0 Å². The Bertz CT molecular complexity index is 275. The van der Waals surface area contributed by atoms with Crippen LogP contribution in [0.1, 0.15) is 12.7 Å². The average Bonchev–Trinajstić information content (AvgIpc) is 2.49. The molecule has 0 amide bonds. The molecule has 4 heteroatoms. The fourth-order valence-corrected chi connectivity index (χ4v) is 1.10. The van der Waals surface area contributed by atoms with Gasteiger partial charge in [-0.05, 0) is 6.08 Å². The second-order valence-electron chi connectivity index (χ2n) is 3.35. The number of H-pyrrole nitrogens is 1. The van der Waals surface area contributed by atoms with Crippen LogP contribution in [-0.4, -0.2) is 28.4 Å². The largest absolute Gasteiger partial charge is 0.379 e. The van der Waals surface area contributed by atoms with Crippen molar-refractivity contribution in [3.05, 3.63) is 18.2 Å². The van der Waals surface area contributed by atoms with Crippen LogP contribution in [-0.2, 0) is 4.74 Å². The molecule has 1 saturated heterocycles. The maximum Gasteiger partial charge on any atom is 0.147 e. The van der Waals surface area contributed by atoms with E-state index in [9.17, 15) is 0 Å². The minimum Gasteiger partial charge on any atom is -0.379 e. The number of aromatic nitrogens is 3. The minimum atomic E-state index is 0.201. The molecule has 1 aromatic rings. The molecule has 1 N–H and O–H groups in total. The second-order valence-corrected chi connectivity index (χ2v) is 3.35. The van der Waals surface area contributed by atoms with Crippen molar-refractivity contribution in [2.24, 2.45) is 5.41 Å². The second kappa shape index (κ2) is 2.71. The van der Waals surface area contributed by atoms with Gasteiger partial charge in [-0.3, -0.25) is 5.10 Å². The van der Waals surface area contributed by atoms with E-state index in [-0.39, 0.29) is 5.41 Å². The van der Waals surface area contributed by atoms with E-state index in [1.54, 1.807) is 0 Å². The van der Waals surface area contributed by atoms with Crippen LogP contribution >= 0.6 is 0 Å². The van der Waals surface area contributed by atoms with Crippen molar-refractivity contribution in [3.8, 4) is 0 Å². The summed E-state index contributed by atoms with van der Waals surface area (Å²) in [6, 6.07) is 0. The molecule has 0 spiro atoms. The Hall–Kier alpha value is -1.16. The van der Waals surface area contributed by atoms with E-state index in [1.807, 2.05) is 6.08 Å². The number of hydrogen-bond acceptors (Lipinski definition) is 3. The van der Waals surface area contributed by atoms with Crippen molar-refractivity contribution in [3.63, 3.8) is 0 Å². The average molecular weight is 165 g/mol. The molecule has 2 heterocycles. The molecule has 0 aliphatic carbocycles. The Balaban J connectivity index is 2.02. The number of nitrogens with one attached hydrogen (secondary N) is 1. The van der Waals surface area contributed by atoms with E-state index < -0.39 is 0 Å². The van der Waals surface area contributed by atoms with E-state index in [0.29, 0.717) is 0 Å². The third-order valence-corrected chi connectivity index (χ3v) is 1.94. The highest BCUT2D eigenvalue weighted by Crippen LogP contribution is 2.28. The van der Waals surface area contributed by atoms with E-state index >= 15 is 0 Å². The highest BCUT2D eigenvalue weighted by atomic mass is 16.5. The quantitative estimate of drug-likeness (QED) is 0.707. The van der Waals surface area contributed by atoms with Crippen LogP contribution in [0.5, 0.6) is 0 Å². The number of hydrogen-bond donors (Lipinski definition) is 1. The van der Waals surface area contributed by atoms with Crippen LogP contribution in [0.15, 0.2) is 12.4 Å². The van der Waals surface area contributed by atoms with Crippen LogP contribution < -0.4 is 0 Å². The summed E-state index contributed by atoms with van der Waals surface area (Å²) in [7, 11) is 0. The molecule has 0 atom stereocenters. The summed E-state index contributed by atoms with van der Waals surface area (Å²) in [6.45, 7) is 3.76.